The summed E-state index contributed by atoms with van der Waals surface area (Å²) in [5.41, 5.74) is 3.72. The highest BCUT2D eigenvalue weighted by Crippen LogP contribution is 2.15. The third-order valence-electron chi connectivity index (χ3n) is 4.17. The monoisotopic (exact) mass is 503 g/mol. The van der Waals surface area contributed by atoms with Crippen LogP contribution in [0.1, 0.15) is 23.7 Å². The molecule has 2 aromatic rings. The van der Waals surface area contributed by atoms with Gasteiger partial charge in [-0.15, -0.1) is 24.0 Å². The Morgan fingerprint density at radius 1 is 1.15 bits per heavy atom. The van der Waals surface area contributed by atoms with Gasteiger partial charge in [0, 0.05) is 39.1 Å². The first-order chi connectivity index (χ1) is 12.4. The van der Waals surface area contributed by atoms with Crippen molar-refractivity contribution < 1.29 is 0 Å². The van der Waals surface area contributed by atoms with Gasteiger partial charge in [-0.25, -0.2) is 4.99 Å². The maximum atomic E-state index is 6.10. The summed E-state index contributed by atoms with van der Waals surface area (Å²) in [6.07, 6.45) is 1.92. The fourth-order valence-corrected chi connectivity index (χ4v) is 3.15. The van der Waals surface area contributed by atoms with E-state index in [4.69, 9.17) is 16.6 Å². The minimum Gasteiger partial charge on any atom is -0.357 e. The lowest BCUT2D eigenvalue weighted by Crippen LogP contribution is -2.38. The molecule has 0 radical (unpaired) electrons. The van der Waals surface area contributed by atoms with Crippen LogP contribution in [0.4, 0.5) is 0 Å². The van der Waals surface area contributed by atoms with E-state index in [0.717, 1.165) is 36.3 Å². The quantitative estimate of drug-likeness (QED) is 0.353. The molecule has 0 fully saturated rings. The number of benzene rings is 1. The Morgan fingerprint density at radius 3 is 2.37 bits per heavy atom. The predicted molar refractivity (Wildman–Crippen MR) is 126 cm³/mol. The first-order valence-electron chi connectivity index (χ1n) is 8.92. The van der Waals surface area contributed by atoms with Gasteiger partial charge in [-0.2, -0.15) is 0 Å². The molecule has 0 amide bonds. The van der Waals surface area contributed by atoms with Crippen LogP contribution < -0.4 is 5.32 Å². The zero-order valence-corrected chi connectivity index (χ0v) is 20.0. The second kappa shape index (κ2) is 11.6. The smallest absolute Gasteiger partial charge is 0.194 e. The second-order valence-electron chi connectivity index (χ2n) is 6.79. The maximum Gasteiger partial charge on any atom is 0.194 e. The number of nitrogens with one attached hydrogen (secondary N) is 1. The van der Waals surface area contributed by atoms with Gasteiger partial charge in [0.1, 0.15) is 0 Å². The SMILES string of the molecule is CCNC(=NCc1ccccc1CN(C)C)N(C)Cc1cc(Cl)cn1C.I. The highest BCUT2D eigenvalue weighted by Gasteiger charge is 2.10. The zero-order valence-electron chi connectivity index (χ0n) is 16.9. The van der Waals surface area contributed by atoms with Crippen molar-refractivity contribution in [2.45, 2.75) is 26.6 Å². The van der Waals surface area contributed by atoms with Gasteiger partial charge in [0.2, 0.25) is 0 Å². The van der Waals surface area contributed by atoms with Gasteiger partial charge in [-0.3, -0.25) is 0 Å². The Labute approximate surface area is 185 Å². The Morgan fingerprint density at radius 2 is 1.81 bits per heavy atom. The summed E-state index contributed by atoms with van der Waals surface area (Å²) in [6.45, 7) is 5.23. The summed E-state index contributed by atoms with van der Waals surface area (Å²) >= 11 is 6.10. The molecule has 1 aromatic heterocycles. The van der Waals surface area contributed by atoms with Gasteiger partial charge in [0.25, 0.3) is 0 Å². The van der Waals surface area contributed by atoms with Crippen LogP contribution in [-0.2, 0) is 26.7 Å². The predicted octanol–water partition coefficient (Wildman–Crippen LogP) is 3.96. The number of halogens is 2. The maximum absolute atomic E-state index is 6.10. The fourth-order valence-electron chi connectivity index (χ4n) is 2.88. The van der Waals surface area contributed by atoms with Crippen LogP contribution in [0, 0.1) is 0 Å². The first-order valence-corrected chi connectivity index (χ1v) is 9.30. The first kappa shape index (κ1) is 23.8. The van der Waals surface area contributed by atoms with Crippen LogP contribution in [-0.4, -0.2) is 48.0 Å². The molecule has 0 saturated carbocycles. The molecule has 0 saturated heterocycles. The van der Waals surface area contributed by atoms with E-state index in [9.17, 15) is 0 Å². The zero-order chi connectivity index (χ0) is 19.1. The molecule has 0 spiro atoms. The van der Waals surface area contributed by atoms with Crippen molar-refractivity contribution in [3.8, 4) is 0 Å². The van der Waals surface area contributed by atoms with Crippen molar-refractivity contribution in [1.29, 1.82) is 0 Å². The molecule has 5 nitrogen and oxygen atoms in total. The molecule has 0 aliphatic heterocycles. The molecule has 1 aromatic carbocycles. The van der Waals surface area contributed by atoms with E-state index in [1.54, 1.807) is 0 Å². The van der Waals surface area contributed by atoms with Gasteiger partial charge in [0.15, 0.2) is 5.96 Å². The summed E-state index contributed by atoms with van der Waals surface area (Å²) < 4.78 is 2.05. The largest absolute Gasteiger partial charge is 0.357 e. The van der Waals surface area contributed by atoms with E-state index in [1.807, 2.05) is 26.4 Å². The normalized spacial score (nSPS) is 11.4. The van der Waals surface area contributed by atoms with E-state index in [0.29, 0.717) is 6.54 Å². The molecule has 1 N–H and O–H groups in total. The highest BCUT2D eigenvalue weighted by atomic mass is 127. The lowest BCUT2D eigenvalue weighted by atomic mass is 10.1. The number of guanidine groups is 1. The molecule has 2 rings (SSSR count). The Hall–Kier alpha value is -1.25. The number of aliphatic imine (C=N–C) groups is 1. The third kappa shape index (κ3) is 7.35. The molecule has 0 aliphatic rings. The van der Waals surface area contributed by atoms with E-state index in [1.165, 1.54) is 11.1 Å². The minimum absolute atomic E-state index is 0. The highest BCUT2D eigenvalue weighted by molar-refractivity contribution is 14.0. The molecule has 1 heterocycles. The van der Waals surface area contributed by atoms with Gasteiger partial charge >= 0.3 is 0 Å². The van der Waals surface area contributed by atoms with Crippen molar-refractivity contribution in [2.24, 2.45) is 12.0 Å². The van der Waals surface area contributed by atoms with E-state index < -0.39 is 0 Å². The fraction of sp³-hybridized carbons (Fsp3) is 0.450. The summed E-state index contributed by atoms with van der Waals surface area (Å²) in [7, 11) is 8.23. The van der Waals surface area contributed by atoms with Crippen molar-refractivity contribution in [1.82, 2.24) is 19.7 Å². The molecular formula is C20H31ClIN5. The molecular weight excluding hydrogens is 473 g/mol. The van der Waals surface area contributed by atoms with Crippen LogP contribution in [0.25, 0.3) is 0 Å². The molecule has 0 unspecified atom stereocenters. The number of aryl methyl sites for hydroxylation is 1. The number of nitrogens with zero attached hydrogens (tertiary/aromatic N) is 4. The average molecular weight is 504 g/mol. The van der Waals surface area contributed by atoms with Gasteiger partial charge < -0.3 is 19.7 Å². The van der Waals surface area contributed by atoms with Crippen molar-refractivity contribution in [3.05, 3.63) is 58.4 Å². The van der Waals surface area contributed by atoms with Crippen LogP contribution in [0.2, 0.25) is 5.02 Å². The lowest BCUT2D eigenvalue weighted by molar-refractivity contribution is 0.401. The molecule has 27 heavy (non-hydrogen) atoms. The molecule has 0 atom stereocenters. The third-order valence-corrected chi connectivity index (χ3v) is 4.38. The van der Waals surface area contributed by atoms with E-state index >= 15 is 0 Å². The van der Waals surface area contributed by atoms with Gasteiger partial charge in [-0.1, -0.05) is 35.9 Å². The average Bonchev–Trinajstić information content (AvgIpc) is 2.89. The van der Waals surface area contributed by atoms with Crippen LogP contribution in [0.3, 0.4) is 0 Å². The number of rotatable bonds is 7. The van der Waals surface area contributed by atoms with Crippen LogP contribution in [0.15, 0.2) is 41.5 Å². The van der Waals surface area contributed by atoms with Crippen LogP contribution >= 0.6 is 35.6 Å². The topological polar surface area (TPSA) is 35.8 Å². The van der Waals surface area contributed by atoms with Crippen molar-refractivity contribution in [3.63, 3.8) is 0 Å². The lowest BCUT2D eigenvalue weighted by Gasteiger charge is -2.22. The minimum atomic E-state index is 0. The molecule has 0 bridgehead atoms. The summed E-state index contributed by atoms with van der Waals surface area (Å²) in [6, 6.07) is 10.5. The Balaban J connectivity index is 0.00000364. The molecule has 150 valence electrons. The Bertz CT molecular complexity index is 742. The number of hydrogen-bond acceptors (Lipinski definition) is 2. The summed E-state index contributed by atoms with van der Waals surface area (Å²) in [4.78, 5) is 9.16. The summed E-state index contributed by atoms with van der Waals surface area (Å²) in [5, 5.41) is 4.14. The molecule has 7 heteroatoms. The standard InChI is InChI=1S/C20H30ClN5.HI/c1-6-22-20(26(5)15-19-11-18(21)14-25(19)4)23-12-16-9-7-8-10-17(16)13-24(2)3;/h7-11,14H,6,12-13,15H2,1-5H3,(H,22,23);1H. The van der Waals surface area contributed by atoms with Crippen molar-refractivity contribution >= 4 is 41.5 Å². The van der Waals surface area contributed by atoms with Crippen molar-refractivity contribution in [2.75, 3.05) is 27.7 Å². The number of aromatic nitrogens is 1. The van der Waals surface area contributed by atoms with Gasteiger partial charge in [-0.05, 0) is 38.2 Å². The van der Waals surface area contributed by atoms with Crippen LogP contribution in [0.5, 0.6) is 0 Å². The van der Waals surface area contributed by atoms with E-state index in [2.05, 4.69) is 65.0 Å². The second-order valence-corrected chi connectivity index (χ2v) is 7.23. The Kier molecular flexibility index (Phi) is 10.2. The van der Waals surface area contributed by atoms with Gasteiger partial charge in [0.05, 0.1) is 18.1 Å². The number of hydrogen-bond donors (Lipinski definition) is 1. The molecule has 0 aliphatic carbocycles. The summed E-state index contributed by atoms with van der Waals surface area (Å²) in [5.74, 6) is 0.893. The van der Waals surface area contributed by atoms with E-state index in [-0.39, 0.29) is 24.0 Å².